The molecule has 112 valence electrons. The molecule has 1 heterocycles. The van der Waals surface area contributed by atoms with Gasteiger partial charge < -0.3 is 10.0 Å². The highest BCUT2D eigenvalue weighted by molar-refractivity contribution is 7.90. The number of aliphatic carboxylic acids is 1. The number of hydrogen-bond donors (Lipinski definition) is 2. The zero-order valence-corrected chi connectivity index (χ0v) is 12.4. The largest absolute Gasteiger partial charge is 0.481 e. The van der Waals surface area contributed by atoms with Crippen LogP contribution in [0.3, 0.4) is 0 Å². The second-order valence-corrected chi connectivity index (χ2v) is 7.72. The molecule has 1 aliphatic rings. The number of nitrogens with zero attached hydrogens (tertiary/aromatic N) is 1. The van der Waals surface area contributed by atoms with Gasteiger partial charge in [-0.3, -0.25) is 4.79 Å². The van der Waals surface area contributed by atoms with Crippen molar-refractivity contribution < 1.29 is 18.3 Å². The van der Waals surface area contributed by atoms with Crippen LogP contribution in [0.15, 0.2) is 0 Å². The van der Waals surface area contributed by atoms with E-state index in [2.05, 4.69) is 9.62 Å². The summed E-state index contributed by atoms with van der Waals surface area (Å²) in [6.45, 7) is 5.98. The number of carboxylic acids is 1. The molecule has 1 atom stereocenters. The Balaban J connectivity index is 2.37. The van der Waals surface area contributed by atoms with E-state index in [9.17, 15) is 13.2 Å². The molecule has 1 fully saturated rings. The fourth-order valence-electron chi connectivity index (χ4n) is 2.18. The molecule has 7 heteroatoms. The van der Waals surface area contributed by atoms with Crippen LogP contribution in [0.5, 0.6) is 0 Å². The molecule has 0 aromatic heterocycles. The van der Waals surface area contributed by atoms with Crippen LogP contribution >= 0.6 is 0 Å². The first-order valence-corrected chi connectivity index (χ1v) is 8.28. The quantitative estimate of drug-likeness (QED) is 0.713. The van der Waals surface area contributed by atoms with Gasteiger partial charge in [-0.25, -0.2) is 13.1 Å². The average molecular weight is 292 g/mol. The zero-order valence-electron chi connectivity index (χ0n) is 11.6. The van der Waals surface area contributed by atoms with Gasteiger partial charge in [0.2, 0.25) is 10.0 Å². The van der Waals surface area contributed by atoms with Gasteiger partial charge in [-0.1, -0.05) is 0 Å². The smallest absolute Gasteiger partial charge is 0.304 e. The first kappa shape index (κ1) is 16.4. The predicted octanol–water partition coefficient (Wildman–Crippen LogP) is 0.501. The number of likely N-dealkylation sites (tertiary alicyclic amines) is 1. The summed E-state index contributed by atoms with van der Waals surface area (Å²) < 4.78 is 26.0. The fourth-order valence-corrected chi connectivity index (χ4v) is 2.98. The van der Waals surface area contributed by atoms with Crippen molar-refractivity contribution in [1.29, 1.82) is 0 Å². The van der Waals surface area contributed by atoms with Gasteiger partial charge in [0.05, 0.1) is 11.7 Å². The van der Waals surface area contributed by atoms with Gasteiger partial charge in [-0.15, -0.1) is 0 Å². The molecule has 0 spiro atoms. The zero-order chi connectivity index (χ0) is 14.5. The maximum atomic E-state index is 11.7. The summed E-state index contributed by atoms with van der Waals surface area (Å²) in [5.41, 5.74) is 0. The van der Waals surface area contributed by atoms with Crippen molar-refractivity contribution in [2.45, 2.75) is 38.4 Å². The molecule has 0 saturated carbocycles. The average Bonchev–Trinajstić information content (AvgIpc) is 2.34. The topological polar surface area (TPSA) is 86.7 Å². The van der Waals surface area contributed by atoms with Gasteiger partial charge >= 0.3 is 5.97 Å². The maximum absolute atomic E-state index is 11.7. The molecule has 0 unspecified atom stereocenters. The molecule has 6 nitrogen and oxygen atoms in total. The number of carbonyl (C=O) groups is 1. The Morgan fingerprint density at radius 2 is 2.16 bits per heavy atom. The molecular formula is C12H24N2O4S. The van der Waals surface area contributed by atoms with Crippen LogP contribution in [-0.4, -0.2) is 55.8 Å². The van der Waals surface area contributed by atoms with Crippen molar-refractivity contribution in [2.75, 3.05) is 26.2 Å². The molecule has 0 bridgehead atoms. The molecule has 1 aliphatic heterocycles. The molecule has 0 aliphatic carbocycles. The Kier molecular flexibility index (Phi) is 6.22. The molecule has 0 radical (unpaired) electrons. The molecular weight excluding hydrogens is 268 g/mol. The van der Waals surface area contributed by atoms with E-state index in [1.54, 1.807) is 13.8 Å². The van der Waals surface area contributed by atoms with Crippen LogP contribution in [0.1, 0.15) is 33.1 Å². The standard InChI is InChI=1S/C12H24N2O4S/c1-10(2)19(17,18)13-8-11-4-3-6-14(9-11)7-5-12(15)16/h10-11,13H,3-9H2,1-2H3,(H,15,16)/t11-/m0/s1. The van der Waals surface area contributed by atoms with Crippen molar-refractivity contribution in [2.24, 2.45) is 5.92 Å². The number of sulfonamides is 1. The number of hydrogen-bond acceptors (Lipinski definition) is 4. The summed E-state index contributed by atoms with van der Waals surface area (Å²) in [6, 6.07) is 0. The van der Waals surface area contributed by atoms with E-state index in [-0.39, 0.29) is 12.3 Å². The number of piperidine rings is 1. The van der Waals surface area contributed by atoms with E-state index in [0.717, 1.165) is 25.9 Å². The lowest BCUT2D eigenvalue weighted by atomic mass is 9.98. The summed E-state index contributed by atoms with van der Waals surface area (Å²) in [6.07, 6.45) is 2.13. The van der Waals surface area contributed by atoms with E-state index in [4.69, 9.17) is 5.11 Å². The number of carboxylic acid groups (broad SMARTS) is 1. The fraction of sp³-hybridized carbons (Fsp3) is 0.917. The van der Waals surface area contributed by atoms with Crippen molar-refractivity contribution in [1.82, 2.24) is 9.62 Å². The van der Waals surface area contributed by atoms with E-state index in [1.807, 2.05) is 0 Å². The molecule has 0 aromatic carbocycles. The van der Waals surface area contributed by atoms with Crippen molar-refractivity contribution >= 4 is 16.0 Å². The predicted molar refractivity (Wildman–Crippen MR) is 73.5 cm³/mol. The van der Waals surface area contributed by atoms with Gasteiger partial charge in [0.25, 0.3) is 0 Å². The Morgan fingerprint density at radius 3 is 2.74 bits per heavy atom. The lowest BCUT2D eigenvalue weighted by Gasteiger charge is -2.32. The summed E-state index contributed by atoms with van der Waals surface area (Å²) in [7, 11) is -3.20. The number of rotatable bonds is 7. The summed E-state index contributed by atoms with van der Waals surface area (Å²) in [5.74, 6) is -0.515. The molecule has 0 aromatic rings. The van der Waals surface area contributed by atoms with Gasteiger partial charge in [-0.05, 0) is 39.2 Å². The van der Waals surface area contributed by atoms with Crippen LogP contribution in [0.25, 0.3) is 0 Å². The lowest BCUT2D eigenvalue weighted by molar-refractivity contribution is -0.137. The SMILES string of the molecule is CC(C)S(=O)(=O)NC[C@@H]1CCCN(CCC(=O)O)C1. The second kappa shape index (κ2) is 7.21. The van der Waals surface area contributed by atoms with Crippen LogP contribution in [0.2, 0.25) is 0 Å². The van der Waals surface area contributed by atoms with Gasteiger partial charge in [-0.2, -0.15) is 0 Å². The van der Waals surface area contributed by atoms with Crippen LogP contribution in [-0.2, 0) is 14.8 Å². The maximum Gasteiger partial charge on any atom is 0.304 e. The minimum Gasteiger partial charge on any atom is -0.481 e. The van der Waals surface area contributed by atoms with Gasteiger partial charge in [0, 0.05) is 19.6 Å². The van der Waals surface area contributed by atoms with Crippen LogP contribution in [0.4, 0.5) is 0 Å². The highest BCUT2D eigenvalue weighted by atomic mass is 32.2. The van der Waals surface area contributed by atoms with Crippen molar-refractivity contribution in [3.8, 4) is 0 Å². The molecule has 1 rings (SSSR count). The van der Waals surface area contributed by atoms with Gasteiger partial charge in [0.1, 0.15) is 0 Å². The minimum absolute atomic E-state index is 0.143. The highest BCUT2D eigenvalue weighted by Crippen LogP contribution is 2.16. The first-order valence-electron chi connectivity index (χ1n) is 6.74. The molecule has 19 heavy (non-hydrogen) atoms. The Bertz CT molecular complexity index is 395. The minimum atomic E-state index is -3.20. The Hall–Kier alpha value is -0.660. The van der Waals surface area contributed by atoms with Gasteiger partial charge in [0.15, 0.2) is 0 Å². The summed E-state index contributed by atoms with van der Waals surface area (Å²) in [4.78, 5) is 12.6. The summed E-state index contributed by atoms with van der Waals surface area (Å²) >= 11 is 0. The monoisotopic (exact) mass is 292 g/mol. The Morgan fingerprint density at radius 1 is 1.47 bits per heavy atom. The molecule has 0 amide bonds. The van der Waals surface area contributed by atoms with E-state index < -0.39 is 21.2 Å². The van der Waals surface area contributed by atoms with E-state index in [0.29, 0.717) is 13.1 Å². The van der Waals surface area contributed by atoms with Crippen molar-refractivity contribution in [3.05, 3.63) is 0 Å². The lowest BCUT2D eigenvalue weighted by Crippen LogP contribution is -2.42. The second-order valence-electron chi connectivity index (χ2n) is 5.39. The normalized spacial score (nSPS) is 21.7. The first-order chi connectivity index (χ1) is 8.81. The third-order valence-corrected chi connectivity index (χ3v) is 5.25. The third-order valence-electron chi connectivity index (χ3n) is 3.44. The summed E-state index contributed by atoms with van der Waals surface area (Å²) in [5, 5.41) is 8.25. The Labute approximate surface area is 115 Å². The van der Waals surface area contributed by atoms with Crippen LogP contribution < -0.4 is 4.72 Å². The van der Waals surface area contributed by atoms with E-state index in [1.165, 1.54) is 0 Å². The highest BCUT2D eigenvalue weighted by Gasteiger charge is 2.23. The third kappa shape index (κ3) is 5.88. The number of nitrogens with one attached hydrogen (secondary N) is 1. The van der Waals surface area contributed by atoms with E-state index >= 15 is 0 Å². The molecule has 1 saturated heterocycles. The van der Waals surface area contributed by atoms with Crippen LogP contribution in [0, 0.1) is 5.92 Å². The van der Waals surface area contributed by atoms with Crippen molar-refractivity contribution in [3.63, 3.8) is 0 Å². The molecule has 2 N–H and O–H groups in total.